The van der Waals surface area contributed by atoms with Crippen molar-refractivity contribution >= 4 is 11.3 Å². The van der Waals surface area contributed by atoms with Crippen molar-refractivity contribution in [2.45, 2.75) is 32.7 Å². The van der Waals surface area contributed by atoms with Crippen molar-refractivity contribution in [1.82, 2.24) is 15.2 Å². The summed E-state index contributed by atoms with van der Waals surface area (Å²) in [5.41, 5.74) is 0. The molecular weight excluding hydrogens is 230 g/mol. The Morgan fingerprint density at radius 1 is 1.53 bits per heavy atom. The third-order valence-corrected chi connectivity index (χ3v) is 4.66. The summed E-state index contributed by atoms with van der Waals surface area (Å²) >= 11 is 1.80. The van der Waals surface area contributed by atoms with E-state index in [0.29, 0.717) is 6.04 Å². The van der Waals surface area contributed by atoms with Gasteiger partial charge in [0.25, 0.3) is 0 Å². The third-order valence-electron chi connectivity index (χ3n) is 3.56. The number of piperidine rings is 1. The smallest absolute Gasteiger partial charge is 0.109 e. The number of aromatic nitrogens is 1. The molecule has 1 aromatic rings. The molecule has 2 rings (SSSR count). The topological polar surface area (TPSA) is 28.2 Å². The number of aryl methyl sites for hydroxylation is 1. The molecule has 1 aliphatic rings. The summed E-state index contributed by atoms with van der Waals surface area (Å²) in [6.07, 6.45) is 4.62. The average Bonchev–Trinajstić information content (AvgIpc) is 2.75. The van der Waals surface area contributed by atoms with E-state index >= 15 is 0 Å². The van der Waals surface area contributed by atoms with Crippen molar-refractivity contribution < 1.29 is 0 Å². The van der Waals surface area contributed by atoms with Gasteiger partial charge in [0.05, 0.1) is 6.04 Å². The molecule has 1 saturated heterocycles. The number of nitrogens with one attached hydrogen (secondary N) is 1. The highest BCUT2D eigenvalue weighted by Crippen LogP contribution is 2.20. The lowest BCUT2D eigenvalue weighted by molar-refractivity contribution is 0.213. The number of hydrogen-bond donors (Lipinski definition) is 1. The summed E-state index contributed by atoms with van der Waals surface area (Å²) in [5, 5.41) is 4.84. The van der Waals surface area contributed by atoms with Crippen LogP contribution in [0.2, 0.25) is 0 Å². The highest BCUT2D eigenvalue weighted by atomic mass is 32.1. The third kappa shape index (κ3) is 3.76. The summed E-state index contributed by atoms with van der Waals surface area (Å²) in [5.74, 6) is 0.842. The first-order chi connectivity index (χ1) is 8.15. The van der Waals surface area contributed by atoms with Crippen LogP contribution < -0.4 is 5.32 Å². The monoisotopic (exact) mass is 253 g/mol. The highest BCUT2D eigenvalue weighted by molar-refractivity contribution is 7.11. The van der Waals surface area contributed by atoms with Gasteiger partial charge in [0.2, 0.25) is 0 Å². The number of nitrogens with zero attached hydrogens (tertiary/aromatic N) is 2. The SMILES string of the molecule is Cc1cnc(C(C)NCC2CCN(C)CC2)s1. The molecule has 3 nitrogen and oxygen atoms in total. The van der Waals surface area contributed by atoms with Crippen LogP contribution >= 0.6 is 11.3 Å². The van der Waals surface area contributed by atoms with Crippen molar-refractivity contribution in [2.24, 2.45) is 5.92 Å². The molecule has 0 radical (unpaired) electrons. The molecule has 0 amide bonds. The van der Waals surface area contributed by atoms with Crippen LogP contribution in [0.15, 0.2) is 6.20 Å². The fraction of sp³-hybridized carbons (Fsp3) is 0.769. The minimum Gasteiger partial charge on any atom is -0.308 e. The van der Waals surface area contributed by atoms with Crippen LogP contribution in [0.4, 0.5) is 0 Å². The lowest BCUT2D eigenvalue weighted by atomic mass is 9.97. The molecule has 0 saturated carbocycles. The number of thiazole rings is 1. The Hall–Kier alpha value is -0.450. The largest absolute Gasteiger partial charge is 0.308 e. The van der Waals surface area contributed by atoms with Crippen LogP contribution in [0.25, 0.3) is 0 Å². The van der Waals surface area contributed by atoms with Gasteiger partial charge in [-0.25, -0.2) is 4.98 Å². The van der Waals surface area contributed by atoms with E-state index in [2.05, 4.69) is 36.1 Å². The second-order valence-electron chi connectivity index (χ2n) is 5.19. The Balaban J connectivity index is 1.74. The van der Waals surface area contributed by atoms with Crippen LogP contribution in [0.3, 0.4) is 0 Å². The van der Waals surface area contributed by atoms with E-state index in [4.69, 9.17) is 0 Å². The Bertz CT molecular complexity index is 342. The predicted molar refractivity (Wildman–Crippen MR) is 73.5 cm³/mol. The van der Waals surface area contributed by atoms with E-state index in [1.807, 2.05) is 6.20 Å². The van der Waals surface area contributed by atoms with Gasteiger partial charge in [-0.05, 0) is 59.3 Å². The molecule has 1 unspecified atom stereocenters. The van der Waals surface area contributed by atoms with Gasteiger partial charge >= 0.3 is 0 Å². The standard InChI is InChI=1S/C13H23N3S/c1-10-8-15-13(17-10)11(2)14-9-12-4-6-16(3)7-5-12/h8,11-12,14H,4-7,9H2,1-3H3. The van der Waals surface area contributed by atoms with Gasteiger partial charge in [-0.15, -0.1) is 11.3 Å². The van der Waals surface area contributed by atoms with Crippen molar-refractivity contribution in [2.75, 3.05) is 26.7 Å². The Morgan fingerprint density at radius 3 is 2.82 bits per heavy atom. The first-order valence-corrected chi connectivity index (χ1v) is 7.31. The zero-order valence-electron chi connectivity index (χ0n) is 11.1. The number of hydrogen-bond acceptors (Lipinski definition) is 4. The second kappa shape index (κ2) is 5.94. The van der Waals surface area contributed by atoms with Gasteiger partial charge in [0.15, 0.2) is 0 Å². The van der Waals surface area contributed by atoms with Crippen LogP contribution in [0.1, 0.15) is 35.7 Å². The van der Waals surface area contributed by atoms with Gasteiger partial charge in [-0.3, -0.25) is 0 Å². The van der Waals surface area contributed by atoms with Gasteiger partial charge in [-0.1, -0.05) is 0 Å². The van der Waals surface area contributed by atoms with Gasteiger partial charge in [-0.2, -0.15) is 0 Å². The van der Waals surface area contributed by atoms with E-state index in [-0.39, 0.29) is 0 Å². The molecule has 96 valence electrons. The number of likely N-dealkylation sites (tertiary alicyclic amines) is 1. The van der Waals surface area contributed by atoms with Crippen molar-refractivity contribution in [3.8, 4) is 0 Å². The quantitative estimate of drug-likeness (QED) is 0.893. The van der Waals surface area contributed by atoms with E-state index in [1.54, 1.807) is 11.3 Å². The zero-order valence-corrected chi connectivity index (χ0v) is 11.9. The van der Waals surface area contributed by atoms with Crippen LogP contribution in [0.5, 0.6) is 0 Å². The minimum absolute atomic E-state index is 0.397. The predicted octanol–water partition coefficient (Wildman–Crippen LogP) is 2.44. The maximum atomic E-state index is 4.44. The van der Waals surface area contributed by atoms with Gasteiger partial charge < -0.3 is 10.2 Å². The van der Waals surface area contributed by atoms with E-state index < -0.39 is 0 Å². The first-order valence-electron chi connectivity index (χ1n) is 6.49. The van der Waals surface area contributed by atoms with Gasteiger partial charge in [0.1, 0.15) is 5.01 Å². The first kappa shape index (κ1) is 13.0. The van der Waals surface area contributed by atoms with Crippen molar-refractivity contribution in [1.29, 1.82) is 0 Å². The molecule has 2 heterocycles. The van der Waals surface area contributed by atoms with Crippen LogP contribution in [0, 0.1) is 12.8 Å². The molecule has 17 heavy (non-hydrogen) atoms. The fourth-order valence-corrected chi connectivity index (χ4v) is 3.07. The molecule has 1 aromatic heterocycles. The van der Waals surface area contributed by atoms with Crippen LogP contribution in [-0.2, 0) is 0 Å². The van der Waals surface area contributed by atoms with Crippen LogP contribution in [-0.4, -0.2) is 36.6 Å². The normalized spacial score (nSPS) is 20.6. The average molecular weight is 253 g/mol. The summed E-state index contributed by atoms with van der Waals surface area (Å²) in [6, 6.07) is 0.397. The zero-order chi connectivity index (χ0) is 12.3. The Labute approximate surface area is 108 Å². The molecule has 0 aromatic carbocycles. The summed E-state index contributed by atoms with van der Waals surface area (Å²) < 4.78 is 0. The second-order valence-corrected chi connectivity index (χ2v) is 6.45. The van der Waals surface area contributed by atoms with Crippen molar-refractivity contribution in [3.63, 3.8) is 0 Å². The lowest BCUT2D eigenvalue weighted by Gasteiger charge is -2.29. The molecule has 1 N–H and O–H groups in total. The van der Waals surface area contributed by atoms with Gasteiger partial charge in [0, 0.05) is 11.1 Å². The molecule has 0 spiro atoms. The molecule has 0 aliphatic carbocycles. The molecule has 0 bridgehead atoms. The van der Waals surface area contributed by atoms with E-state index in [1.165, 1.54) is 35.8 Å². The fourth-order valence-electron chi connectivity index (χ4n) is 2.27. The molecular formula is C13H23N3S. The minimum atomic E-state index is 0.397. The molecule has 1 atom stereocenters. The Morgan fingerprint density at radius 2 is 2.24 bits per heavy atom. The Kier molecular flexibility index (Phi) is 4.54. The molecule has 1 fully saturated rings. The summed E-state index contributed by atoms with van der Waals surface area (Å²) in [7, 11) is 2.21. The van der Waals surface area contributed by atoms with E-state index in [0.717, 1.165) is 12.5 Å². The highest BCUT2D eigenvalue weighted by Gasteiger charge is 2.17. The maximum absolute atomic E-state index is 4.44. The molecule has 1 aliphatic heterocycles. The molecule has 4 heteroatoms. The summed E-state index contributed by atoms with van der Waals surface area (Å²) in [6.45, 7) is 7.96. The van der Waals surface area contributed by atoms with E-state index in [9.17, 15) is 0 Å². The maximum Gasteiger partial charge on any atom is 0.109 e. The number of rotatable bonds is 4. The lowest BCUT2D eigenvalue weighted by Crippen LogP contribution is -2.35. The summed E-state index contributed by atoms with van der Waals surface area (Å²) in [4.78, 5) is 8.16. The van der Waals surface area contributed by atoms with Crippen molar-refractivity contribution in [3.05, 3.63) is 16.1 Å².